The van der Waals surface area contributed by atoms with Gasteiger partial charge in [-0.05, 0) is 55.7 Å². The van der Waals surface area contributed by atoms with Gasteiger partial charge in [-0.25, -0.2) is 0 Å². The Labute approximate surface area is 149 Å². The highest BCUT2D eigenvalue weighted by Gasteiger charge is 2.23. The lowest BCUT2D eigenvalue weighted by atomic mass is 9.88. The van der Waals surface area contributed by atoms with Crippen LogP contribution >= 0.6 is 0 Å². The molecular formula is C20H27N3O2. The standard InChI is InChI=1S/C20H27N3O2/c1-23-13-16(11-22-23)19(24)12-21-18-7-4-8-25-20-10-15-6-3-2-5-14(15)9-17(18)20/h9-11,13,18-19,21,24H,2-8,12H2,1H3. The van der Waals surface area contributed by atoms with Gasteiger partial charge in [-0.1, -0.05) is 6.07 Å². The first kappa shape index (κ1) is 16.6. The number of fused-ring (bicyclic) bond motifs is 2. The Hall–Kier alpha value is -1.85. The van der Waals surface area contributed by atoms with Crippen molar-refractivity contribution < 1.29 is 9.84 Å². The van der Waals surface area contributed by atoms with Gasteiger partial charge >= 0.3 is 0 Å². The topological polar surface area (TPSA) is 59.3 Å². The highest BCUT2D eigenvalue weighted by atomic mass is 16.5. The number of hydrogen-bond donors (Lipinski definition) is 2. The van der Waals surface area contributed by atoms with Crippen LogP contribution in [-0.2, 0) is 19.9 Å². The molecule has 5 nitrogen and oxygen atoms in total. The van der Waals surface area contributed by atoms with Gasteiger partial charge in [0.25, 0.3) is 0 Å². The minimum Gasteiger partial charge on any atom is -0.493 e. The van der Waals surface area contributed by atoms with Crippen LogP contribution in [0, 0.1) is 0 Å². The molecule has 2 aromatic rings. The number of ether oxygens (including phenoxy) is 1. The van der Waals surface area contributed by atoms with Gasteiger partial charge in [0.1, 0.15) is 5.75 Å². The zero-order valence-electron chi connectivity index (χ0n) is 14.9. The molecule has 0 radical (unpaired) electrons. The van der Waals surface area contributed by atoms with E-state index in [0.717, 1.165) is 30.8 Å². The number of aromatic nitrogens is 2. The lowest BCUT2D eigenvalue weighted by molar-refractivity contribution is 0.169. The number of aliphatic hydroxyl groups excluding tert-OH is 1. The number of hydrogen-bond acceptors (Lipinski definition) is 4. The van der Waals surface area contributed by atoms with Crippen molar-refractivity contribution in [2.45, 2.75) is 50.7 Å². The van der Waals surface area contributed by atoms with E-state index in [4.69, 9.17) is 4.74 Å². The molecule has 5 heteroatoms. The van der Waals surface area contributed by atoms with E-state index in [2.05, 4.69) is 22.5 Å². The largest absolute Gasteiger partial charge is 0.493 e. The normalized spacial score (nSPS) is 21.0. The van der Waals surface area contributed by atoms with Gasteiger partial charge in [-0.2, -0.15) is 5.10 Å². The third kappa shape index (κ3) is 3.58. The smallest absolute Gasteiger partial charge is 0.124 e. The average Bonchev–Trinajstić information content (AvgIpc) is 2.97. The zero-order chi connectivity index (χ0) is 17.2. The fourth-order valence-corrected chi connectivity index (χ4v) is 4.00. The van der Waals surface area contributed by atoms with Crippen LogP contribution in [0.1, 0.15) is 60.1 Å². The molecular weight excluding hydrogens is 314 g/mol. The summed E-state index contributed by atoms with van der Waals surface area (Å²) in [7, 11) is 1.87. The second kappa shape index (κ2) is 7.18. The van der Waals surface area contributed by atoms with E-state index in [1.165, 1.54) is 42.4 Å². The van der Waals surface area contributed by atoms with E-state index in [0.29, 0.717) is 6.54 Å². The van der Waals surface area contributed by atoms with Crippen LogP contribution < -0.4 is 10.1 Å². The molecule has 25 heavy (non-hydrogen) atoms. The van der Waals surface area contributed by atoms with E-state index in [1.54, 1.807) is 10.9 Å². The molecule has 0 saturated heterocycles. The number of rotatable bonds is 4. The van der Waals surface area contributed by atoms with Crippen LogP contribution in [0.3, 0.4) is 0 Å². The van der Waals surface area contributed by atoms with Crippen LogP contribution in [0.5, 0.6) is 5.75 Å². The van der Waals surface area contributed by atoms with Crippen molar-refractivity contribution in [2.24, 2.45) is 7.05 Å². The maximum atomic E-state index is 10.4. The quantitative estimate of drug-likeness (QED) is 0.898. The molecule has 2 aliphatic rings. The van der Waals surface area contributed by atoms with E-state index >= 15 is 0 Å². The van der Waals surface area contributed by atoms with Crippen molar-refractivity contribution in [3.8, 4) is 5.75 Å². The number of aryl methyl sites for hydroxylation is 3. The van der Waals surface area contributed by atoms with Crippen molar-refractivity contribution in [3.63, 3.8) is 0 Å². The molecule has 134 valence electrons. The van der Waals surface area contributed by atoms with Gasteiger partial charge in [0, 0.05) is 37.0 Å². The summed E-state index contributed by atoms with van der Waals surface area (Å²) in [6, 6.07) is 4.85. The fraction of sp³-hybridized carbons (Fsp3) is 0.550. The minimum atomic E-state index is -0.543. The van der Waals surface area contributed by atoms with Crippen LogP contribution in [0.2, 0.25) is 0 Å². The third-order valence-electron chi connectivity index (χ3n) is 5.41. The van der Waals surface area contributed by atoms with Crippen molar-refractivity contribution in [1.29, 1.82) is 0 Å². The first-order valence-corrected chi connectivity index (χ1v) is 9.39. The molecule has 4 rings (SSSR count). The SMILES string of the molecule is Cn1cc(C(O)CNC2CCCOc3cc4c(cc32)CCCC4)cn1. The van der Waals surface area contributed by atoms with Crippen molar-refractivity contribution in [3.05, 3.63) is 46.8 Å². The summed E-state index contributed by atoms with van der Waals surface area (Å²) >= 11 is 0. The highest BCUT2D eigenvalue weighted by molar-refractivity contribution is 5.46. The Balaban J connectivity index is 1.52. The highest BCUT2D eigenvalue weighted by Crippen LogP contribution is 2.36. The Morgan fingerprint density at radius 2 is 2.08 bits per heavy atom. The molecule has 0 amide bonds. The zero-order valence-corrected chi connectivity index (χ0v) is 14.9. The minimum absolute atomic E-state index is 0.232. The van der Waals surface area contributed by atoms with Crippen molar-refractivity contribution in [1.82, 2.24) is 15.1 Å². The molecule has 2 unspecified atom stereocenters. The summed E-state index contributed by atoms with van der Waals surface area (Å²) in [6.45, 7) is 1.29. The molecule has 2 atom stereocenters. The summed E-state index contributed by atoms with van der Waals surface area (Å²) in [5.41, 5.74) is 5.05. The molecule has 1 aliphatic carbocycles. The fourth-order valence-electron chi connectivity index (χ4n) is 4.00. The maximum Gasteiger partial charge on any atom is 0.124 e. The Bertz CT molecular complexity index is 741. The predicted molar refractivity (Wildman–Crippen MR) is 96.7 cm³/mol. The van der Waals surface area contributed by atoms with Crippen molar-refractivity contribution >= 4 is 0 Å². The summed E-state index contributed by atoms with van der Waals surface area (Å²) in [5, 5.41) is 18.1. The molecule has 0 bridgehead atoms. The average molecular weight is 341 g/mol. The monoisotopic (exact) mass is 341 g/mol. The molecule has 0 spiro atoms. The predicted octanol–water partition coefficient (Wildman–Crippen LogP) is 2.84. The number of nitrogens with one attached hydrogen (secondary N) is 1. The van der Waals surface area contributed by atoms with Crippen LogP contribution in [-0.4, -0.2) is 28.0 Å². The van der Waals surface area contributed by atoms with Gasteiger partial charge in [0.2, 0.25) is 0 Å². The summed E-state index contributed by atoms with van der Waals surface area (Å²) in [5.74, 6) is 1.03. The van der Waals surface area contributed by atoms with E-state index in [9.17, 15) is 5.11 Å². The molecule has 1 aliphatic heterocycles. The van der Waals surface area contributed by atoms with Crippen molar-refractivity contribution in [2.75, 3.05) is 13.2 Å². The molecule has 1 aromatic carbocycles. The molecule has 2 heterocycles. The Morgan fingerprint density at radius 3 is 2.84 bits per heavy atom. The van der Waals surface area contributed by atoms with E-state index in [1.807, 2.05) is 13.2 Å². The van der Waals surface area contributed by atoms with Crippen LogP contribution in [0.25, 0.3) is 0 Å². The summed E-state index contributed by atoms with van der Waals surface area (Å²) < 4.78 is 7.75. The molecule has 2 N–H and O–H groups in total. The summed E-state index contributed by atoms with van der Waals surface area (Å²) in [6.07, 6.45) is 10.0. The molecule has 0 saturated carbocycles. The first-order valence-electron chi connectivity index (χ1n) is 9.39. The van der Waals surface area contributed by atoms with Gasteiger partial charge in [-0.15, -0.1) is 0 Å². The third-order valence-corrected chi connectivity index (χ3v) is 5.41. The molecule has 0 fully saturated rings. The van der Waals surface area contributed by atoms with E-state index in [-0.39, 0.29) is 6.04 Å². The van der Waals surface area contributed by atoms with Gasteiger partial charge in [0.05, 0.1) is 18.9 Å². The maximum absolute atomic E-state index is 10.4. The molecule has 1 aromatic heterocycles. The van der Waals surface area contributed by atoms with Gasteiger partial charge in [-0.3, -0.25) is 4.68 Å². The van der Waals surface area contributed by atoms with Crippen LogP contribution in [0.4, 0.5) is 0 Å². The lowest BCUT2D eigenvalue weighted by Crippen LogP contribution is -2.26. The number of aliphatic hydroxyl groups is 1. The van der Waals surface area contributed by atoms with Gasteiger partial charge < -0.3 is 15.2 Å². The van der Waals surface area contributed by atoms with Gasteiger partial charge in [0.15, 0.2) is 0 Å². The second-order valence-corrected chi connectivity index (χ2v) is 7.28. The Kier molecular flexibility index (Phi) is 4.77. The van der Waals surface area contributed by atoms with E-state index < -0.39 is 6.10 Å². The Morgan fingerprint density at radius 1 is 1.28 bits per heavy atom. The van der Waals surface area contributed by atoms with Crippen LogP contribution in [0.15, 0.2) is 24.5 Å². The summed E-state index contributed by atoms with van der Waals surface area (Å²) in [4.78, 5) is 0. The first-order chi connectivity index (χ1) is 12.2. The second-order valence-electron chi connectivity index (χ2n) is 7.28. The lowest BCUT2D eigenvalue weighted by Gasteiger charge is -2.24. The number of nitrogens with zero attached hydrogens (tertiary/aromatic N) is 2. The number of benzene rings is 1.